The average Bonchev–Trinajstić information content (AvgIpc) is 3.31. The normalized spacial score (nSPS) is 18.9. The molecule has 28 heavy (non-hydrogen) atoms. The number of aryl methyl sites for hydroxylation is 1. The van der Waals surface area contributed by atoms with Crippen molar-refractivity contribution < 1.29 is 9.18 Å². The van der Waals surface area contributed by atoms with Crippen LogP contribution in [0, 0.1) is 18.7 Å². The van der Waals surface area contributed by atoms with E-state index in [-0.39, 0.29) is 23.7 Å². The van der Waals surface area contributed by atoms with Crippen molar-refractivity contribution >= 4 is 22.4 Å². The molecule has 1 aliphatic rings. The molecule has 0 aliphatic carbocycles. The smallest absolute Gasteiger partial charge is 0.232 e. The van der Waals surface area contributed by atoms with E-state index in [2.05, 4.69) is 21.2 Å². The first-order chi connectivity index (χ1) is 13.6. The number of hydrogen-bond acceptors (Lipinski definition) is 5. The molecule has 5 nitrogen and oxygen atoms in total. The second kappa shape index (κ2) is 8.18. The summed E-state index contributed by atoms with van der Waals surface area (Å²) < 4.78 is 13.1. The molecule has 7 heteroatoms. The van der Waals surface area contributed by atoms with Crippen molar-refractivity contribution in [2.45, 2.75) is 19.4 Å². The van der Waals surface area contributed by atoms with Gasteiger partial charge in [-0.05, 0) is 30.2 Å². The van der Waals surface area contributed by atoms with Gasteiger partial charge in [-0.1, -0.05) is 42.5 Å². The summed E-state index contributed by atoms with van der Waals surface area (Å²) >= 11 is 1.47. The van der Waals surface area contributed by atoms with Gasteiger partial charge in [0.15, 0.2) is 5.13 Å². The Balaban J connectivity index is 1.45. The monoisotopic (exact) mass is 396 g/mol. The van der Waals surface area contributed by atoms with Gasteiger partial charge in [-0.3, -0.25) is 10.2 Å². The van der Waals surface area contributed by atoms with Crippen LogP contribution in [0.3, 0.4) is 0 Å². The van der Waals surface area contributed by atoms with E-state index in [9.17, 15) is 9.18 Å². The highest BCUT2D eigenvalue weighted by atomic mass is 32.1. The second-order valence-electron chi connectivity index (χ2n) is 6.84. The van der Waals surface area contributed by atoms with E-state index in [4.69, 9.17) is 0 Å². The van der Waals surface area contributed by atoms with Gasteiger partial charge in [0.2, 0.25) is 5.91 Å². The van der Waals surface area contributed by atoms with E-state index < -0.39 is 0 Å². The molecule has 0 radical (unpaired) electrons. The zero-order valence-corrected chi connectivity index (χ0v) is 16.2. The van der Waals surface area contributed by atoms with Gasteiger partial charge in [-0.2, -0.15) is 0 Å². The number of hydrazine groups is 1. The Labute approximate surface area is 167 Å². The molecule has 1 aromatic heterocycles. The van der Waals surface area contributed by atoms with Gasteiger partial charge < -0.3 is 5.32 Å². The summed E-state index contributed by atoms with van der Waals surface area (Å²) in [6.07, 6.45) is 0.666. The molecule has 1 aliphatic heterocycles. The molecule has 2 aromatic carbocycles. The lowest BCUT2D eigenvalue weighted by atomic mass is 9.94. The highest BCUT2D eigenvalue weighted by Crippen LogP contribution is 2.29. The van der Waals surface area contributed by atoms with E-state index in [0.717, 1.165) is 21.7 Å². The number of anilines is 1. The van der Waals surface area contributed by atoms with E-state index >= 15 is 0 Å². The number of nitrogens with zero attached hydrogens (tertiary/aromatic N) is 1. The molecule has 2 unspecified atom stereocenters. The first kappa shape index (κ1) is 18.7. The minimum absolute atomic E-state index is 0.0616. The maximum atomic E-state index is 13.1. The molecule has 144 valence electrons. The van der Waals surface area contributed by atoms with Crippen LogP contribution in [-0.4, -0.2) is 17.4 Å². The summed E-state index contributed by atoms with van der Waals surface area (Å²) in [4.78, 5) is 18.4. The fourth-order valence-corrected chi connectivity index (χ4v) is 4.35. The number of hydrogen-bond donors (Lipinski definition) is 3. The predicted octanol–water partition coefficient (Wildman–Crippen LogP) is 3.59. The third kappa shape index (κ3) is 4.11. The lowest BCUT2D eigenvalue weighted by molar-refractivity contribution is -0.119. The predicted molar refractivity (Wildman–Crippen MR) is 108 cm³/mol. The fourth-order valence-electron chi connectivity index (χ4n) is 3.35. The highest BCUT2D eigenvalue weighted by molar-refractivity contribution is 7.15. The molecule has 1 amide bonds. The van der Waals surface area contributed by atoms with Crippen molar-refractivity contribution in [3.8, 4) is 0 Å². The van der Waals surface area contributed by atoms with Crippen molar-refractivity contribution in [3.63, 3.8) is 0 Å². The largest absolute Gasteiger partial charge is 0.302 e. The van der Waals surface area contributed by atoms with E-state index in [1.807, 2.05) is 37.3 Å². The molecule has 0 spiro atoms. The SMILES string of the molecule is Cc1nc(NC(=O)C2CNNC2c2ccccc2)sc1Cc1ccc(F)cc1. The van der Waals surface area contributed by atoms with E-state index in [0.29, 0.717) is 18.1 Å². The Morgan fingerprint density at radius 2 is 1.96 bits per heavy atom. The summed E-state index contributed by atoms with van der Waals surface area (Å²) in [5.41, 5.74) is 9.23. The van der Waals surface area contributed by atoms with Crippen molar-refractivity contribution in [2.75, 3.05) is 11.9 Å². The van der Waals surface area contributed by atoms with Gasteiger partial charge in [-0.25, -0.2) is 14.8 Å². The Bertz CT molecular complexity index is 958. The molecule has 1 fully saturated rings. The maximum Gasteiger partial charge on any atom is 0.232 e. The van der Waals surface area contributed by atoms with Crippen LogP contribution in [-0.2, 0) is 11.2 Å². The van der Waals surface area contributed by atoms with E-state index in [1.165, 1.54) is 23.5 Å². The van der Waals surface area contributed by atoms with Gasteiger partial charge in [-0.15, -0.1) is 11.3 Å². The number of carbonyl (C=O) groups excluding carboxylic acids is 1. The van der Waals surface area contributed by atoms with Crippen LogP contribution in [0.1, 0.15) is 27.7 Å². The first-order valence-electron chi connectivity index (χ1n) is 9.15. The Morgan fingerprint density at radius 1 is 1.21 bits per heavy atom. The van der Waals surface area contributed by atoms with Crippen molar-refractivity contribution in [3.05, 3.63) is 82.1 Å². The van der Waals surface area contributed by atoms with Gasteiger partial charge >= 0.3 is 0 Å². The lowest BCUT2D eigenvalue weighted by Gasteiger charge is -2.17. The van der Waals surface area contributed by atoms with Gasteiger partial charge in [0.25, 0.3) is 0 Å². The van der Waals surface area contributed by atoms with E-state index in [1.54, 1.807) is 12.1 Å². The molecule has 2 atom stereocenters. The van der Waals surface area contributed by atoms with Crippen LogP contribution in [0.15, 0.2) is 54.6 Å². The molecule has 3 N–H and O–H groups in total. The third-order valence-electron chi connectivity index (χ3n) is 4.88. The third-order valence-corrected chi connectivity index (χ3v) is 5.95. The average molecular weight is 396 g/mol. The number of rotatable bonds is 5. The van der Waals surface area contributed by atoms with Crippen LogP contribution in [0.5, 0.6) is 0 Å². The quantitative estimate of drug-likeness (QED) is 0.617. The molecule has 0 saturated carbocycles. The van der Waals surface area contributed by atoms with Crippen LogP contribution < -0.4 is 16.2 Å². The zero-order valence-electron chi connectivity index (χ0n) is 15.4. The number of thiazole rings is 1. The summed E-state index contributed by atoms with van der Waals surface area (Å²) in [6.45, 7) is 2.48. The highest BCUT2D eigenvalue weighted by Gasteiger charge is 2.34. The minimum Gasteiger partial charge on any atom is -0.302 e. The topological polar surface area (TPSA) is 66.0 Å². The number of aromatic nitrogens is 1. The number of carbonyl (C=O) groups is 1. The number of halogens is 1. The summed E-state index contributed by atoms with van der Waals surface area (Å²) in [5.74, 6) is -0.537. The fraction of sp³-hybridized carbons (Fsp3) is 0.238. The maximum absolute atomic E-state index is 13.1. The van der Waals surface area contributed by atoms with Gasteiger partial charge in [0.05, 0.1) is 17.7 Å². The number of benzene rings is 2. The molecular weight excluding hydrogens is 375 g/mol. The van der Waals surface area contributed by atoms with Crippen LogP contribution >= 0.6 is 11.3 Å². The molecular formula is C21H21FN4OS. The van der Waals surface area contributed by atoms with Crippen LogP contribution in [0.4, 0.5) is 9.52 Å². The first-order valence-corrected chi connectivity index (χ1v) is 9.97. The van der Waals surface area contributed by atoms with Gasteiger partial charge in [0.1, 0.15) is 5.82 Å². The summed E-state index contributed by atoms with van der Waals surface area (Å²) in [6, 6.07) is 16.3. The molecule has 3 aromatic rings. The summed E-state index contributed by atoms with van der Waals surface area (Å²) in [7, 11) is 0. The Morgan fingerprint density at radius 3 is 2.71 bits per heavy atom. The standard InChI is InChI=1S/C21H21FN4OS/c1-13-18(11-14-7-9-16(22)10-8-14)28-21(24-13)25-20(27)17-12-23-26-19(17)15-5-3-2-4-6-15/h2-10,17,19,23,26H,11-12H2,1H3,(H,24,25,27). The Kier molecular flexibility index (Phi) is 5.47. The van der Waals surface area contributed by atoms with Crippen molar-refractivity contribution in [1.82, 2.24) is 15.8 Å². The molecule has 4 rings (SSSR count). The van der Waals surface area contributed by atoms with Crippen LogP contribution in [0.2, 0.25) is 0 Å². The number of nitrogens with one attached hydrogen (secondary N) is 3. The van der Waals surface area contributed by atoms with Gasteiger partial charge in [0, 0.05) is 17.8 Å². The van der Waals surface area contributed by atoms with Crippen molar-refractivity contribution in [2.24, 2.45) is 5.92 Å². The zero-order chi connectivity index (χ0) is 19.5. The lowest BCUT2D eigenvalue weighted by Crippen LogP contribution is -2.29. The molecule has 1 saturated heterocycles. The molecule has 0 bridgehead atoms. The van der Waals surface area contributed by atoms with Crippen molar-refractivity contribution in [1.29, 1.82) is 0 Å². The number of amides is 1. The summed E-state index contributed by atoms with van der Waals surface area (Å²) in [5, 5.41) is 3.56. The second-order valence-corrected chi connectivity index (χ2v) is 7.92. The van der Waals surface area contributed by atoms with Crippen LogP contribution in [0.25, 0.3) is 0 Å². The minimum atomic E-state index is -0.246. The Hall–Kier alpha value is -2.61. The molecule has 2 heterocycles.